The molecule has 70 valence electrons. The monoisotopic (exact) mass is 256 g/mol. The first-order chi connectivity index (χ1) is 5.95. The van der Waals surface area contributed by atoms with Gasteiger partial charge in [0.15, 0.2) is 5.78 Å². The van der Waals surface area contributed by atoms with E-state index in [0.717, 1.165) is 0 Å². The normalized spacial score (nSPS) is 10.2. The zero-order valence-electron chi connectivity index (χ0n) is 6.50. The smallest absolute Gasteiger partial charge is 0.161 e. The second kappa shape index (κ2) is 4.05. The zero-order chi connectivity index (χ0) is 10.2. The third kappa shape index (κ3) is 2.10. The summed E-state index contributed by atoms with van der Waals surface area (Å²) in [6, 6.07) is 1.40. The standard InChI is InChI=1S/C8H4Cl4O/c1-3(13)4-2-5(9)7(11)8(12)6(4)10/h2H,1H3. The Balaban J connectivity index is 3.50. The van der Waals surface area contributed by atoms with Crippen molar-refractivity contribution in [3.8, 4) is 0 Å². The minimum Gasteiger partial charge on any atom is -0.294 e. The maximum atomic E-state index is 11.0. The molecule has 0 unspecified atom stereocenters. The molecule has 0 saturated carbocycles. The molecule has 1 aromatic rings. The number of carbonyl (C=O) groups excluding carboxylic acids is 1. The van der Waals surface area contributed by atoms with Crippen LogP contribution in [0.25, 0.3) is 0 Å². The van der Waals surface area contributed by atoms with Gasteiger partial charge in [-0.3, -0.25) is 4.79 Å². The van der Waals surface area contributed by atoms with Crippen LogP contribution in [-0.4, -0.2) is 5.78 Å². The second-order valence-corrected chi connectivity index (χ2v) is 3.95. The quantitative estimate of drug-likeness (QED) is 0.411. The van der Waals surface area contributed by atoms with Crippen LogP contribution in [0.5, 0.6) is 0 Å². The maximum Gasteiger partial charge on any atom is 0.161 e. The van der Waals surface area contributed by atoms with E-state index < -0.39 is 0 Å². The lowest BCUT2D eigenvalue weighted by molar-refractivity contribution is 0.101. The number of halogens is 4. The molecule has 0 atom stereocenters. The molecule has 0 aliphatic rings. The van der Waals surface area contributed by atoms with Crippen molar-refractivity contribution >= 4 is 52.2 Å². The molecular weight excluding hydrogens is 254 g/mol. The molecule has 0 spiro atoms. The predicted octanol–water partition coefficient (Wildman–Crippen LogP) is 4.50. The van der Waals surface area contributed by atoms with Crippen molar-refractivity contribution in [2.24, 2.45) is 0 Å². The number of benzene rings is 1. The summed E-state index contributed by atoms with van der Waals surface area (Å²) < 4.78 is 0. The van der Waals surface area contributed by atoms with Crippen LogP contribution in [0.1, 0.15) is 17.3 Å². The molecule has 0 aromatic heterocycles. The largest absolute Gasteiger partial charge is 0.294 e. The highest BCUT2D eigenvalue weighted by atomic mass is 35.5. The van der Waals surface area contributed by atoms with Gasteiger partial charge in [-0.25, -0.2) is 0 Å². The summed E-state index contributed by atoms with van der Waals surface area (Å²) in [6.45, 7) is 1.38. The van der Waals surface area contributed by atoms with E-state index in [2.05, 4.69) is 0 Å². The molecule has 0 N–H and O–H groups in total. The Hall–Kier alpha value is 0.0500. The van der Waals surface area contributed by atoms with Gasteiger partial charge in [0, 0.05) is 5.56 Å². The lowest BCUT2D eigenvalue weighted by atomic mass is 10.1. The van der Waals surface area contributed by atoms with E-state index in [1.807, 2.05) is 0 Å². The van der Waals surface area contributed by atoms with Crippen LogP contribution in [0, 0.1) is 0 Å². The van der Waals surface area contributed by atoms with E-state index >= 15 is 0 Å². The van der Waals surface area contributed by atoms with Crippen LogP contribution in [-0.2, 0) is 0 Å². The highest BCUT2D eigenvalue weighted by Crippen LogP contribution is 2.38. The summed E-state index contributed by atoms with van der Waals surface area (Å²) in [5.74, 6) is -0.203. The molecule has 0 amide bonds. The first-order valence-corrected chi connectivity index (χ1v) is 4.80. The number of ketones is 1. The highest BCUT2D eigenvalue weighted by molar-refractivity contribution is 6.52. The molecule has 0 fully saturated rings. The second-order valence-electron chi connectivity index (χ2n) is 2.40. The van der Waals surface area contributed by atoms with Crippen molar-refractivity contribution in [2.75, 3.05) is 0 Å². The summed E-state index contributed by atoms with van der Waals surface area (Å²) in [5, 5.41) is 0.643. The van der Waals surface area contributed by atoms with Gasteiger partial charge in [0.05, 0.1) is 20.1 Å². The Bertz CT molecular complexity index is 373. The average Bonchev–Trinajstić information content (AvgIpc) is 2.07. The fraction of sp³-hybridized carbons (Fsp3) is 0.125. The Labute approximate surface area is 95.5 Å². The lowest BCUT2D eigenvalue weighted by Crippen LogP contribution is -1.94. The van der Waals surface area contributed by atoms with E-state index in [9.17, 15) is 4.79 Å². The molecule has 1 nitrogen and oxygen atoms in total. The predicted molar refractivity (Wildman–Crippen MR) is 56.5 cm³/mol. The minimum absolute atomic E-state index is 0.112. The van der Waals surface area contributed by atoms with Crippen molar-refractivity contribution < 1.29 is 4.79 Å². The van der Waals surface area contributed by atoms with Crippen molar-refractivity contribution in [1.29, 1.82) is 0 Å². The number of Topliss-reactive ketones (excluding diaryl/α,β-unsaturated/α-hetero) is 1. The maximum absolute atomic E-state index is 11.0. The van der Waals surface area contributed by atoms with Gasteiger partial charge in [0.2, 0.25) is 0 Å². The van der Waals surface area contributed by atoms with Crippen LogP contribution in [0.3, 0.4) is 0 Å². The summed E-state index contributed by atoms with van der Waals surface area (Å²) in [5.41, 5.74) is 0.279. The van der Waals surface area contributed by atoms with Gasteiger partial charge >= 0.3 is 0 Å². The summed E-state index contributed by atoms with van der Waals surface area (Å²) in [6.07, 6.45) is 0. The fourth-order valence-corrected chi connectivity index (χ4v) is 1.76. The van der Waals surface area contributed by atoms with Gasteiger partial charge in [-0.05, 0) is 13.0 Å². The van der Waals surface area contributed by atoms with Gasteiger partial charge < -0.3 is 0 Å². The molecular formula is C8H4Cl4O. The van der Waals surface area contributed by atoms with E-state index in [1.165, 1.54) is 13.0 Å². The van der Waals surface area contributed by atoms with Crippen LogP contribution in [0.15, 0.2) is 6.07 Å². The van der Waals surface area contributed by atoms with Crippen molar-refractivity contribution in [2.45, 2.75) is 6.92 Å². The first kappa shape index (κ1) is 11.1. The van der Waals surface area contributed by atoms with Crippen molar-refractivity contribution in [3.05, 3.63) is 31.7 Å². The molecule has 0 radical (unpaired) electrons. The Kier molecular flexibility index (Phi) is 3.47. The summed E-state index contributed by atoms with van der Waals surface area (Å²) >= 11 is 22.9. The van der Waals surface area contributed by atoms with Gasteiger partial charge in [-0.1, -0.05) is 46.4 Å². The Morgan fingerprint density at radius 1 is 1.08 bits per heavy atom. The molecule has 0 heterocycles. The fourth-order valence-electron chi connectivity index (χ4n) is 0.829. The van der Waals surface area contributed by atoms with Gasteiger partial charge in [-0.2, -0.15) is 0 Å². The van der Waals surface area contributed by atoms with E-state index in [0.29, 0.717) is 0 Å². The Morgan fingerprint density at radius 3 is 2.08 bits per heavy atom. The minimum atomic E-state index is -0.203. The van der Waals surface area contributed by atoms with Crippen LogP contribution >= 0.6 is 46.4 Å². The van der Waals surface area contributed by atoms with Crippen LogP contribution < -0.4 is 0 Å². The molecule has 1 aromatic carbocycles. The molecule has 5 heteroatoms. The number of hydrogen-bond acceptors (Lipinski definition) is 1. The van der Waals surface area contributed by atoms with E-state index in [1.54, 1.807) is 0 Å². The van der Waals surface area contributed by atoms with Gasteiger partial charge in [0.25, 0.3) is 0 Å². The number of hydrogen-bond donors (Lipinski definition) is 0. The molecule has 1 rings (SSSR count). The molecule has 13 heavy (non-hydrogen) atoms. The zero-order valence-corrected chi connectivity index (χ0v) is 9.52. The molecule has 0 saturated heterocycles. The summed E-state index contributed by atoms with van der Waals surface area (Å²) in [4.78, 5) is 11.0. The highest BCUT2D eigenvalue weighted by Gasteiger charge is 2.15. The van der Waals surface area contributed by atoms with Gasteiger partial charge in [0.1, 0.15) is 0 Å². The molecule has 0 aliphatic heterocycles. The lowest BCUT2D eigenvalue weighted by Gasteiger charge is -2.05. The molecule has 0 bridgehead atoms. The van der Waals surface area contributed by atoms with E-state index in [-0.39, 0.29) is 31.4 Å². The SMILES string of the molecule is CC(=O)c1cc(Cl)c(Cl)c(Cl)c1Cl. The summed E-state index contributed by atoms with van der Waals surface area (Å²) in [7, 11) is 0. The van der Waals surface area contributed by atoms with Crippen LogP contribution in [0.4, 0.5) is 0 Å². The third-order valence-corrected chi connectivity index (χ3v) is 3.23. The van der Waals surface area contributed by atoms with Crippen LogP contribution in [0.2, 0.25) is 20.1 Å². The number of carbonyl (C=O) groups is 1. The topological polar surface area (TPSA) is 17.1 Å². The molecule has 0 aliphatic carbocycles. The first-order valence-electron chi connectivity index (χ1n) is 3.29. The van der Waals surface area contributed by atoms with Gasteiger partial charge in [-0.15, -0.1) is 0 Å². The average molecular weight is 258 g/mol. The third-order valence-electron chi connectivity index (χ3n) is 1.48. The Morgan fingerprint density at radius 2 is 1.62 bits per heavy atom. The van der Waals surface area contributed by atoms with Crippen molar-refractivity contribution in [1.82, 2.24) is 0 Å². The van der Waals surface area contributed by atoms with E-state index in [4.69, 9.17) is 46.4 Å². The van der Waals surface area contributed by atoms with Crippen molar-refractivity contribution in [3.63, 3.8) is 0 Å². The number of rotatable bonds is 1.